The number of aromatic nitrogens is 2. The van der Waals surface area contributed by atoms with Crippen molar-refractivity contribution in [3.8, 4) is 0 Å². The molecule has 1 aliphatic heterocycles. The van der Waals surface area contributed by atoms with E-state index in [2.05, 4.69) is 33.0 Å². The molecule has 5 rings (SSSR count). The third kappa shape index (κ3) is 5.36. The number of hydrogen-bond donors (Lipinski definition) is 2. The number of nitrogens with zero attached hydrogens (tertiary/aromatic N) is 3. The van der Waals surface area contributed by atoms with E-state index in [1.165, 1.54) is 37.0 Å². The maximum atomic E-state index is 13.4. The third-order valence-corrected chi connectivity index (χ3v) is 7.12. The highest BCUT2D eigenvalue weighted by Gasteiger charge is 2.29. The van der Waals surface area contributed by atoms with Crippen LogP contribution in [-0.2, 0) is 11.3 Å². The second-order valence-electron chi connectivity index (χ2n) is 9.44. The molecule has 2 fully saturated rings. The molecule has 1 saturated heterocycles. The molecule has 6 nitrogen and oxygen atoms in total. The van der Waals surface area contributed by atoms with Crippen molar-refractivity contribution in [2.24, 2.45) is 5.92 Å². The van der Waals surface area contributed by atoms with Crippen LogP contribution in [0.1, 0.15) is 56.6 Å². The van der Waals surface area contributed by atoms with Crippen molar-refractivity contribution in [2.45, 2.75) is 57.5 Å². The Bertz CT molecular complexity index is 1120. The summed E-state index contributed by atoms with van der Waals surface area (Å²) in [4.78, 5) is 18.9. The van der Waals surface area contributed by atoms with Crippen LogP contribution in [-0.4, -0.2) is 38.6 Å². The highest BCUT2D eigenvalue weighted by atomic mass is 35.5. The number of imidazole rings is 1. The zero-order valence-electron chi connectivity index (χ0n) is 19.3. The van der Waals surface area contributed by atoms with Gasteiger partial charge >= 0.3 is 5.97 Å². The highest BCUT2D eigenvalue weighted by Crippen LogP contribution is 2.38. The number of hydrogen-bond acceptors (Lipinski definition) is 4. The van der Waals surface area contributed by atoms with Crippen molar-refractivity contribution in [1.82, 2.24) is 14.5 Å². The number of aliphatic carboxylic acids is 1. The topological polar surface area (TPSA) is 70.4 Å². The van der Waals surface area contributed by atoms with E-state index in [-0.39, 0.29) is 30.2 Å². The summed E-state index contributed by atoms with van der Waals surface area (Å²) in [5.41, 5.74) is 4.05. The molecule has 2 heterocycles. The SMILES string of the molecule is Cl.O=C(O)[C@H]1CC[C@@H](n2c(Nc3ccc(F)cc3)nc3ccc(CN4CCCCC4)cc32)CC1. The molecule has 0 bridgehead atoms. The van der Waals surface area contributed by atoms with Gasteiger partial charge in [0.1, 0.15) is 5.82 Å². The van der Waals surface area contributed by atoms with Gasteiger partial charge in [-0.2, -0.15) is 0 Å². The third-order valence-electron chi connectivity index (χ3n) is 7.12. The normalized spacial score (nSPS) is 21.2. The summed E-state index contributed by atoms with van der Waals surface area (Å²) >= 11 is 0. The Labute approximate surface area is 205 Å². The van der Waals surface area contributed by atoms with Crippen molar-refractivity contribution in [3.05, 3.63) is 53.8 Å². The number of rotatable bonds is 6. The molecule has 2 N–H and O–H groups in total. The molecule has 0 spiro atoms. The van der Waals surface area contributed by atoms with Crippen molar-refractivity contribution >= 4 is 41.0 Å². The summed E-state index contributed by atoms with van der Waals surface area (Å²) in [6.45, 7) is 3.23. The molecular weight excluding hydrogens is 455 g/mol. The minimum Gasteiger partial charge on any atom is -0.481 e. The van der Waals surface area contributed by atoms with E-state index < -0.39 is 5.97 Å². The van der Waals surface area contributed by atoms with Crippen LogP contribution in [0.2, 0.25) is 0 Å². The second kappa shape index (κ2) is 10.7. The molecule has 2 aromatic carbocycles. The lowest BCUT2D eigenvalue weighted by Gasteiger charge is -2.29. The lowest BCUT2D eigenvalue weighted by Crippen LogP contribution is -2.29. The van der Waals surface area contributed by atoms with Crippen LogP contribution in [0.25, 0.3) is 11.0 Å². The average Bonchev–Trinajstić information content (AvgIpc) is 3.18. The molecule has 0 amide bonds. The molecule has 34 heavy (non-hydrogen) atoms. The number of piperidine rings is 1. The van der Waals surface area contributed by atoms with Gasteiger partial charge in [-0.25, -0.2) is 9.37 Å². The van der Waals surface area contributed by atoms with Gasteiger partial charge < -0.3 is 15.0 Å². The zero-order valence-corrected chi connectivity index (χ0v) is 20.1. The van der Waals surface area contributed by atoms with E-state index in [9.17, 15) is 14.3 Å². The Hall–Kier alpha value is -2.64. The molecule has 1 aromatic heterocycles. The standard InChI is InChI=1S/C26H31FN4O2.ClH/c27-20-7-9-21(10-8-20)28-26-29-23-13-4-18(17-30-14-2-1-3-15-30)16-24(23)31(26)22-11-5-19(6-12-22)25(32)33;/h4,7-10,13,16,19,22H,1-3,5-6,11-12,14-15,17H2,(H,28,29)(H,32,33);1H/t19-,22+;. The summed E-state index contributed by atoms with van der Waals surface area (Å²) < 4.78 is 15.6. The van der Waals surface area contributed by atoms with E-state index in [1.807, 2.05) is 0 Å². The van der Waals surface area contributed by atoms with Crippen molar-refractivity contribution in [3.63, 3.8) is 0 Å². The molecule has 0 radical (unpaired) electrons. The fraction of sp³-hybridized carbons (Fsp3) is 0.462. The van der Waals surface area contributed by atoms with Gasteiger partial charge in [-0.15, -0.1) is 12.4 Å². The van der Waals surface area contributed by atoms with Gasteiger partial charge in [0.25, 0.3) is 0 Å². The van der Waals surface area contributed by atoms with Crippen LogP contribution in [0, 0.1) is 11.7 Å². The number of carbonyl (C=O) groups is 1. The predicted octanol–water partition coefficient (Wildman–Crippen LogP) is 6.14. The van der Waals surface area contributed by atoms with Crippen molar-refractivity contribution in [1.29, 1.82) is 0 Å². The van der Waals surface area contributed by atoms with Gasteiger partial charge in [0, 0.05) is 18.3 Å². The molecule has 182 valence electrons. The van der Waals surface area contributed by atoms with Gasteiger partial charge in [0.15, 0.2) is 0 Å². The van der Waals surface area contributed by atoms with Crippen molar-refractivity contribution in [2.75, 3.05) is 18.4 Å². The molecule has 8 heteroatoms. The summed E-state index contributed by atoms with van der Waals surface area (Å²) in [7, 11) is 0. The summed E-state index contributed by atoms with van der Waals surface area (Å²) in [6.07, 6.45) is 6.79. The average molecular weight is 487 g/mol. The van der Waals surface area contributed by atoms with Gasteiger partial charge in [-0.05, 0) is 93.6 Å². The molecular formula is C26H32ClFN4O2. The quantitative estimate of drug-likeness (QED) is 0.437. The smallest absolute Gasteiger partial charge is 0.306 e. The van der Waals surface area contributed by atoms with E-state index in [0.29, 0.717) is 12.8 Å². The Balaban J connectivity index is 0.00000274. The summed E-state index contributed by atoms with van der Waals surface area (Å²) in [5, 5.41) is 12.8. The van der Waals surface area contributed by atoms with Crippen LogP contribution < -0.4 is 5.32 Å². The minimum atomic E-state index is -0.697. The van der Waals surface area contributed by atoms with E-state index in [4.69, 9.17) is 4.98 Å². The Morgan fingerprint density at radius 3 is 2.41 bits per heavy atom. The molecule has 2 aliphatic rings. The van der Waals surface area contributed by atoms with E-state index in [1.54, 1.807) is 12.1 Å². The first-order valence-electron chi connectivity index (χ1n) is 12.1. The monoisotopic (exact) mass is 486 g/mol. The van der Waals surface area contributed by atoms with Gasteiger partial charge in [-0.3, -0.25) is 9.69 Å². The first-order valence-corrected chi connectivity index (χ1v) is 12.1. The maximum Gasteiger partial charge on any atom is 0.306 e. The molecule has 0 unspecified atom stereocenters. The van der Waals surface area contributed by atoms with Crippen LogP contribution in [0.4, 0.5) is 16.0 Å². The number of carboxylic acids is 1. The molecule has 1 aliphatic carbocycles. The van der Waals surface area contributed by atoms with Crippen molar-refractivity contribution < 1.29 is 14.3 Å². The van der Waals surface area contributed by atoms with Gasteiger partial charge in [0.2, 0.25) is 5.95 Å². The van der Waals surface area contributed by atoms with Crippen LogP contribution in [0.15, 0.2) is 42.5 Å². The fourth-order valence-corrected chi connectivity index (χ4v) is 5.31. The molecule has 1 saturated carbocycles. The highest BCUT2D eigenvalue weighted by molar-refractivity contribution is 5.85. The summed E-state index contributed by atoms with van der Waals surface area (Å²) in [6, 6.07) is 13.0. The van der Waals surface area contributed by atoms with Gasteiger partial charge in [0.05, 0.1) is 17.0 Å². The lowest BCUT2D eigenvalue weighted by atomic mass is 9.86. The largest absolute Gasteiger partial charge is 0.481 e. The number of fused-ring (bicyclic) bond motifs is 1. The molecule has 0 atom stereocenters. The number of anilines is 2. The fourth-order valence-electron chi connectivity index (χ4n) is 5.31. The Morgan fingerprint density at radius 2 is 1.74 bits per heavy atom. The zero-order chi connectivity index (χ0) is 22.8. The van der Waals surface area contributed by atoms with Crippen LogP contribution >= 0.6 is 12.4 Å². The first kappa shape index (κ1) is 24.5. The second-order valence-corrected chi connectivity index (χ2v) is 9.44. The predicted molar refractivity (Wildman–Crippen MR) is 134 cm³/mol. The van der Waals surface area contributed by atoms with Crippen LogP contribution in [0.3, 0.4) is 0 Å². The Morgan fingerprint density at radius 1 is 1.03 bits per heavy atom. The van der Waals surface area contributed by atoms with E-state index >= 15 is 0 Å². The Kier molecular flexibility index (Phi) is 7.73. The lowest BCUT2D eigenvalue weighted by molar-refractivity contribution is -0.143. The number of likely N-dealkylation sites (tertiary alicyclic amines) is 1. The minimum absolute atomic E-state index is 0. The molecule has 3 aromatic rings. The number of nitrogens with one attached hydrogen (secondary N) is 1. The van der Waals surface area contributed by atoms with E-state index in [0.717, 1.165) is 55.1 Å². The number of halogens is 2. The van der Waals surface area contributed by atoms with Crippen LogP contribution in [0.5, 0.6) is 0 Å². The maximum absolute atomic E-state index is 13.4. The van der Waals surface area contributed by atoms with Gasteiger partial charge in [-0.1, -0.05) is 12.5 Å². The first-order chi connectivity index (χ1) is 16.1. The summed E-state index contributed by atoms with van der Waals surface area (Å²) in [5.74, 6) is -0.509. The number of benzene rings is 2. The number of carboxylic acid groups (broad SMARTS) is 1.